The fraction of sp³-hybridized carbons (Fsp3) is 0.571. The maximum absolute atomic E-state index is 5.43. The van der Waals surface area contributed by atoms with Crippen LogP contribution in [0.4, 0.5) is 0 Å². The van der Waals surface area contributed by atoms with Crippen molar-refractivity contribution in [3.05, 3.63) is 23.3 Å². The summed E-state index contributed by atoms with van der Waals surface area (Å²) < 4.78 is 10.9. The zero-order valence-electron chi connectivity index (χ0n) is 11.5. The van der Waals surface area contributed by atoms with E-state index in [0.717, 1.165) is 36.4 Å². The molecule has 0 heterocycles. The fourth-order valence-electron chi connectivity index (χ4n) is 1.93. The molecular formula is C14H23NO2. The molecule has 0 radical (unpaired) electrons. The van der Waals surface area contributed by atoms with Gasteiger partial charge in [-0.15, -0.1) is 0 Å². The fourth-order valence-corrected chi connectivity index (χ4v) is 1.93. The van der Waals surface area contributed by atoms with Crippen molar-refractivity contribution in [1.29, 1.82) is 0 Å². The van der Waals surface area contributed by atoms with E-state index < -0.39 is 0 Å². The van der Waals surface area contributed by atoms with Crippen molar-refractivity contribution in [2.75, 3.05) is 34.9 Å². The van der Waals surface area contributed by atoms with E-state index in [-0.39, 0.29) is 0 Å². The van der Waals surface area contributed by atoms with Gasteiger partial charge in [0.1, 0.15) is 11.5 Å². The monoisotopic (exact) mass is 237 g/mol. The van der Waals surface area contributed by atoms with E-state index in [1.165, 1.54) is 5.56 Å². The second kappa shape index (κ2) is 6.50. The lowest BCUT2D eigenvalue weighted by atomic mass is 10.0. The summed E-state index contributed by atoms with van der Waals surface area (Å²) in [6.45, 7) is 3.12. The maximum atomic E-state index is 5.43. The normalized spacial score (nSPS) is 10.7. The van der Waals surface area contributed by atoms with Gasteiger partial charge in [-0.2, -0.15) is 0 Å². The zero-order chi connectivity index (χ0) is 12.8. The highest BCUT2D eigenvalue weighted by atomic mass is 16.5. The summed E-state index contributed by atoms with van der Waals surface area (Å²) in [4.78, 5) is 2.19. The molecule has 1 aromatic rings. The van der Waals surface area contributed by atoms with Gasteiger partial charge in [0.25, 0.3) is 0 Å². The summed E-state index contributed by atoms with van der Waals surface area (Å²) in [5.74, 6) is 1.86. The summed E-state index contributed by atoms with van der Waals surface area (Å²) in [7, 11) is 7.60. The number of rotatable bonds is 6. The van der Waals surface area contributed by atoms with Gasteiger partial charge in [0.15, 0.2) is 0 Å². The molecule has 0 unspecified atom stereocenters. The Kier molecular flexibility index (Phi) is 5.29. The van der Waals surface area contributed by atoms with E-state index >= 15 is 0 Å². The number of aryl methyl sites for hydroxylation is 1. The Morgan fingerprint density at radius 3 is 2.00 bits per heavy atom. The first-order valence-corrected chi connectivity index (χ1v) is 5.94. The van der Waals surface area contributed by atoms with E-state index in [9.17, 15) is 0 Å². The van der Waals surface area contributed by atoms with E-state index in [4.69, 9.17) is 9.47 Å². The number of nitrogens with zero attached hydrogens (tertiary/aromatic N) is 1. The summed E-state index contributed by atoms with van der Waals surface area (Å²) in [6, 6.07) is 4.13. The summed E-state index contributed by atoms with van der Waals surface area (Å²) in [6.07, 6.45) is 2.08. The predicted molar refractivity (Wildman–Crippen MR) is 71.2 cm³/mol. The molecule has 1 aromatic carbocycles. The molecule has 1 rings (SSSR count). The van der Waals surface area contributed by atoms with Crippen LogP contribution < -0.4 is 9.47 Å². The molecule has 0 saturated heterocycles. The van der Waals surface area contributed by atoms with Crippen molar-refractivity contribution < 1.29 is 9.47 Å². The van der Waals surface area contributed by atoms with E-state index in [2.05, 4.69) is 38.1 Å². The topological polar surface area (TPSA) is 21.7 Å². The summed E-state index contributed by atoms with van der Waals surface area (Å²) in [5, 5.41) is 0. The molecule has 0 N–H and O–H groups in total. The smallest absolute Gasteiger partial charge is 0.126 e. The summed E-state index contributed by atoms with van der Waals surface area (Å²) >= 11 is 0. The molecule has 0 atom stereocenters. The van der Waals surface area contributed by atoms with Crippen LogP contribution in [0.2, 0.25) is 0 Å². The Bertz CT molecular complexity index is 336. The minimum Gasteiger partial charge on any atom is -0.496 e. The predicted octanol–water partition coefficient (Wildman–Crippen LogP) is 2.51. The molecule has 0 saturated carbocycles. The minimum absolute atomic E-state index is 0.931. The average molecular weight is 237 g/mol. The number of hydrogen-bond acceptors (Lipinski definition) is 3. The van der Waals surface area contributed by atoms with Gasteiger partial charge in [-0.1, -0.05) is 0 Å². The number of ether oxygens (including phenoxy) is 2. The Hall–Kier alpha value is -1.22. The molecule has 0 aliphatic heterocycles. The van der Waals surface area contributed by atoms with Gasteiger partial charge in [0, 0.05) is 5.56 Å². The molecule has 3 nitrogen and oxygen atoms in total. The van der Waals surface area contributed by atoms with Crippen molar-refractivity contribution in [3.63, 3.8) is 0 Å². The zero-order valence-corrected chi connectivity index (χ0v) is 11.5. The first kappa shape index (κ1) is 13.8. The van der Waals surface area contributed by atoms with Gasteiger partial charge in [-0.05, 0) is 58.1 Å². The van der Waals surface area contributed by atoms with E-state index in [1.807, 2.05) is 0 Å². The van der Waals surface area contributed by atoms with Gasteiger partial charge in [-0.25, -0.2) is 0 Å². The van der Waals surface area contributed by atoms with Gasteiger partial charge in [-0.3, -0.25) is 0 Å². The van der Waals surface area contributed by atoms with E-state index in [0.29, 0.717) is 0 Å². The standard InChI is InChI=1S/C14H23NO2/c1-11-9-13(16-4)12(14(10-11)17-5)7-6-8-15(2)3/h9-10H,6-8H2,1-5H3. The Morgan fingerprint density at radius 1 is 1.06 bits per heavy atom. The lowest BCUT2D eigenvalue weighted by Crippen LogP contribution is -2.13. The largest absolute Gasteiger partial charge is 0.496 e. The van der Waals surface area contributed by atoms with Gasteiger partial charge >= 0.3 is 0 Å². The highest BCUT2D eigenvalue weighted by Gasteiger charge is 2.11. The highest BCUT2D eigenvalue weighted by Crippen LogP contribution is 2.31. The van der Waals surface area contributed by atoms with Gasteiger partial charge < -0.3 is 14.4 Å². The quantitative estimate of drug-likeness (QED) is 0.759. The van der Waals surface area contributed by atoms with Crippen molar-refractivity contribution >= 4 is 0 Å². The summed E-state index contributed by atoms with van der Waals surface area (Å²) in [5.41, 5.74) is 2.33. The molecule has 0 amide bonds. The van der Waals surface area contributed by atoms with Crippen LogP contribution in [0.1, 0.15) is 17.5 Å². The lowest BCUT2D eigenvalue weighted by molar-refractivity contribution is 0.373. The molecular weight excluding hydrogens is 214 g/mol. The van der Waals surface area contributed by atoms with Crippen molar-refractivity contribution in [1.82, 2.24) is 4.90 Å². The first-order chi connectivity index (χ1) is 8.08. The molecule has 0 bridgehead atoms. The SMILES string of the molecule is COc1cc(C)cc(OC)c1CCCN(C)C. The highest BCUT2D eigenvalue weighted by molar-refractivity contribution is 5.47. The Balaban J connectivity index is 2.87. The molecule has 3 heteroatoms. The molecule has 0 spiro atoms. The first-order valence-electron chi connectivity index (χ1n) is 5.94. The second-order valence-corrected chi connectivity index (χ2v) is 4.55. The third kappa shape index (κ3) is 3.93. The van der Waals surface area contributed by atoms with Crippen LogP contribution in [0.5, 0.6) is 11.5 Å². The third-order valence-corrected chi connectivity index (χ3v) is 2.78. The Labute approximate surface area is 104 Å². The van der Waals surface area contributed by atoms with Crippen molar-refractivity contribution in [2.45, 2.75) is 19.8 Å². The molecule has 0 aromatic heterocycles. The third-order valence-electron chi connectivity index (χ3n) is 2.78. The second-order valence-electron chi connectivity index (χ2n) is 4.55. The minimum atomic E-state index is 0.931. The van der Waals surface area contributed by atoms with Crippen LogP contribution in [-0.2, 0) is 6.42 Å². The van der Waals surface area contributed by atoms with Crippen LogP contribution in [-0.4, -0.2) is 39.8 Å². The average Bonchev–Trinajstić information content (AvgIpc) is 2.29. The maximum Gasteiger partial charge on any atom is 0.126 e. The van der Waals surface area contributed by atoms with Crippen LogP contribution in [0.15, 0.2) is 12.1 Å². The van der Waals surface area contributed by atoms with Crippen molar-refractivity contribution in [2.24, 2.45) is 0 Å². The molecule has 0 aliphatic rings. The molecule has 0 fully saturated rings. The van der Waals surface area contributed by atoms with Gasteiger partial charge in [0.2, 0.25) is 0 Å². The number of benzene rings is 1. The van der Waals surface area contributed by atoms with Crippen LogP contribution in [0, 0.1) is 6.92 Å². The van der Waals surface area contributed by atoms with Crippen LogP contribution >= 0.6 is 0 Å². The van der Waals surface area contributed by atoms with Gasteiger partial charge in [0.05, 0.1) is 14.2 Å². The lowest BCUT2D eigenvalue weighted by Gasteiger charge is -2.15. The molecule has 0 aliphatic carbocycles. The van der Waals surface area contributed by atoms with Crippen LogP contribution in [0.25, 0.3) is 0 Å². The van der Waals surface area contributed by atoms with Crippen molar-refractivity contribution in [3.8, 4) is 11.5 Å². The number of methoxy groups -OCH3 is 2. The molecule has 17 heavy (non-hydrogen) atoms. The molecule has 96 valence electrons. The van der Waals surface area contributed by atoms with E-state index in [1.54, 1.807) is 14.2 Å². The van der Waals surface area contributed by atoms with Crippen LogP contribution in [0.3, 0.4) is 0 Å². The Morgan fingerprint density at radius 2 is 1.59 bits per heavy atom. The number of hydrogen-bond donors (Lipinski definition) is 0.